The lowest BCUT2D eigenvalue weighted by molar-refractivity contribution is -0.137. The highest BCUT2D eigenvalue weighted by molar-refractivity contribution is 5.70. The fraction of sp³-hybridized carbons (Fsp3) is 0.167. The van der Waals surface area contributed by atoms with Crippen LogP contribution in [0.1, 0.15) is 16.9 Å². The predicted octanol–water partition coefficient (Wildman–Crippen LogP) is 5.13. The lowest BCUT2D eigenvalue weighted by Gasteiger charge is -2.12. The number of alkyl halides is 3. The Morgan fingerprint density at radius 2 is 1.65 bits per heavy atom. The fourth-order valence-corrected chi connectivity index (χ4v) is 2.87. The molecule has 1 aliphatic rings. The maximum absolute atomic E-state index is 12.6. The largest absolute Gasteiger partial charge is 0.440 e. The molecule has 0 radical (unpaired) electrons. The molecule has 0 fully saturated rings. The van der Waals surface area contributed by atoms with Crippen LogP contribution in [0.25, 0.3) is 22.7 Å². The van der Waals surface area contributed by atoms with Gasteiger partial charge in [0.1, 0.15) is 11.5 Å². The summed E-state index contributed by atoms with van der Waals surface area (Å²) < 4.78 is 43.7. The SMILES string of the molecule is FC(F)(F)c1ccc(-c2nc3c(o2)CCc2ccccc2-3)cc1. The second-order valence-corrected chi connectivity index (χ2v) is 5.52. The van der Waals surface area contributed by atoms with Crippen LogP contribution >= 0.6 is 0 Å². The van der Waals surface area contributed by atoms with E-state index in [-0.39, 0.29) is 0 Å². The molecule has 0 spiro atoms. The summed E-state index contributed by atoms with van der Waals surface area (Å²) in [6, 6.07) is 12.9. The second-order valence-electron chi connectivity index (χ2n) is 5.52. The zero-order chi connectivity index (χ0) is 16.0. The zero-order valence-corrected chi connectivity index (χ0v) is 12.0. The molecule has 1 heterocycles. The Morgan fingerprint density at radius 1 is 0.913 bits per heavy atom. The maximum Gasteiger partial charge on any atom is 0.416 e. The number of fused-ring (bicyclic) bond motifs is 3. The van der Waals surface area contributed by atoms with E-state index in [0.29, 0.717) is 11.5 Å². The molecule has 4 rings (SSSR count). The number of nitrogens with zero attached hydrogens (tertiary/aromatic N) is 1. The molecule has 1 aliphatic carbocycles. The van der Waals surface area contributed by atoms with Gasteiger partial charge in [-0.15, -0.1) is 0 Å². The van der Waals surface area contributed by atoms with Crippen molar-refractivity contribution in [1.29, 1.82) is 0 Å². The van der Waals surface area contributed by atoms with Crippen molar-refractivity contribution in [2.45, 2.75) is 19.0 Å². The average Bonchev–Trinajstić information content (AvgIpc) is 2.99. The van der Waals surface area contributed by atoms with E-state index in [1.54, 1.807) is 0 Å². The van der Waals surface area contributed by atoms with Crippen molar-refractivity contribution in [3.05, 3.63) is 65.4 Å². The first-order valence-electron chi connectivity index (χ1n) is 7.28. The van der Waals surface area contributed by atoms with E-state index >= 15 is 0 Å². The normalized spacial score (nSPS) is 13.5. The molecule has 0 N–H and O–H groups in total. The van der Waals surface area contributed by atoms with E-state index in [1.165, 1.54) is 17.7 Å². The molecular formula is C18H12F3NO. The fourth-order valence-electron chi connectivity index (χ4n) is 2.87. The van der Waals surface area contributed by atoms with Crippen LogP contribution in [0, 0.1) is 0 Å². The van der Waals surface area contributed by atoms with E-state index in [2.05, 4.69) is 11.1 Å². The van der Waals surface area contributed by atoms with Crippen LogP contribution in [0.2, 0.25) is 0 Å². The third-order valence-electron chi connectivity index (χ3n) is 4.05. The quantitative estimate of drug-likeness (QED) is 0.622. The summed E-state index contributed by atoms with van der Waals surface area (Å²) in [7, 11) is 0. The predicted molar refractivity (Wildman–Crippen MR) is 79.8 cm³/mol. The zero-order valence-electron chi connectivity index (χ0n) is 12.0. The number of hydrogen-bond acceptors (Lipinski definition) is 2. The Morgan fingerprint density at radius 3 is 2.39 bits per heavy atom. The van der Waals surface area contributed by atoms with Crippen molar-refractivity contribution in [3.8, 4) is 22.7 Å². The van der Waals surface area contributed by atoms with Gasteiger partial charge in [-0.1, -0.05) is 24.3 Å². The van der Waals surface area contributed by atoms with Crippen molar-refractivity contribution < 1.29 is 17.6 Å². The van der Waals surface area contributed by atoms with Gasteiger partial charge in [-0.3, -0.25) is 0 Å². The number of oxazole rings is 1. The second kappa shape index (κ2) is 4.98. The Bertz CT molecular complexity index is 863. The monoisotopic (exact) mass is 315 g/mol. The number of rotatable bonds is 1. The van der Waals surface area contributed by atoms with Crippen LogP contribution in [0.5, 0.6) is 0 Å². The maximum atomic E-state index is 12.6. The van der Waals surface area contributed by atoms with Crippen LogP contribution in [-0.2, 0) is 19.0 Å². The van der Waals surface area contributed by atoms with Crippen molar-refractivity contribution >= 4 is 0 Å². The van der Waals surface area contributed by atoms with Crippen molar-refractivity contribution in [3.63, 3.8) is 0 Å². The van der Waals surface area contributed by atoms with Gasteiger partial charge in [-0.2, -0.15) is 13.2 Å². The Kier molecular flexibility index (Phi) is 3.04. The molecule has 0 aliphatic heterocycles. The minimum Gasteiger partial charge on any atom is -0.440 e. The number of hydrogen-bond donors (Lipinski definition) is 0. The summed E-state index contributed by atoms with van der Waals surface area (Å²) in [6.07, 6.45) is -2.71. The highest BCUT2D eigenvalue weighted by Crippen LogP contribution is 2.36. The number of benzene rings is 2. The molecule has 0 bridgehead atoms. The summed E-state index contributed by atoms with van der Waals surface area (Å²) in [6.45, 7) is 0. The first-order chi connectivity index (χ1) is 11.0. The van der Waals surface area contributed by atoms with Crippen molar-refractivity contribution in [1.82, 2.24) is 4.98 Å². The van der Waals surface area contributed by atoms with Gasteiger partial charge >= 0.3 is 6.18 Å². The third-order valence-corrected chi connectivity index (χ3v) is 4.05. The summed E-state index contributed by atoms with van der Waals surface area (Å²) in [4.78, 5) is 4.51. The molecule has 2 aromatic carbocycles. The third kappa shape index (κ3) is 2.42. The highest BCUT2D eigenvalue weighted by Gasteiger charge is 2.30. The van der Waals surface area contributed by atoms with Crippen molar-refractivity contribution in [2.24, 2.45) is 0 Å². The molecule has 2 nitrogen and oxygen atoms in total. The first-order valence-corrected chi connectivity index (χ1v) is 7.28. The van der Waals surface area contributed by atoms with Gasteiger partial charge in [-0.05, 0) is 36.2 Å². The standard InChI is InChI=1S/C18H12F3NO/c19-18(20,21)13-8-5-12(6-9-13)17-22-16-14-4-2-1-3-11(14)7-10-15(16)23-17/h1-6,8-9H,7,10H2. The van der Waals surface area contributed by atoms with Gasteiger partial charge in [0.05, 0.1) is 5.56 Å². The lowest BCUT2D eigenvalue weighted by atomic mass is 9.93. The van der Waals surface area contributed by atoms with Crippen LogP contribution in [0.3, 0.4) is 0 Å². The Labute approximate surface area is 130 Å². The van der Waals surface area contributed by atoms with Crippen LogP contribution in [0.15, 0.2) is 52.9 Å². The molecule has 3 aromatic rings. The van der Waals surface area contributed by atoms with Gasteiger partial charge < -0.3 is 4.42 Å². The molecule has 116 valence electrons. The van der Waals surface area contributed by atoms with Crippen molar-refractivity contribution in [2.75, 3.05) is 0 Å². The van der Waals surface area contributed by atoms with E-state index in [1.807, 2.05) is 18.2 Å². The lowest BCUT2D eigenvalue weighted by Crippen LogP contribution is -2.03. The van der Waals surface area contributed by atoms with E-state index in [9.17, 15) is 13.2 Å². The summed E-state index contributed by atoms with van der Waals surface area (Å²) in [5.41, 5.74) is 2.91. The van der Waals surface area contributed by atoms with Gasteiger partial charge in [0.2, 0.25) is 5.89 Å². The van der Waals surface area contributed by atoms with Gasteiger partial charge in [0.25, 0.3) is 0 Å². The molecule has 1 aromatic heterocycles. The van der Waals surface area contributed by atoms with Gasteiger partial charge in [-0.25, -0.2) is 4.98 Å². The van der Waals surface area contributed by atoms with Gasteiger partial charge in [0.15, 0.2) is 0 Å². The van der Waals surface area contributed by atoms with Gasteiger partial charge in [0, 0.05) is 17.5 Å². The van der Waals surface area contributed by atoms with Crippen LogP contribution in [0.4, 0.5) is 13.2 Å². The molecule has 0 amide bonds. The van der Waals surface area contributed by atoms with Crippen LogP contribution in [-0.4, -0.2) is 4.98 Å². The molecule has 0 atom stereocenters. The van der Waals surface area contributed by atoms with E-state index in [4.69, 9.17) is 4.42 Å². The topological polar surface area (TPSA) is 26.0 Å². The molecule has 0 saturated carbocycles. The molecular weight excluding hydrogens is 303 g/mol. The number of aromatic nitrogens is 1. The number of halogens is 3. The Balaban J connectivity index is 1.74. The van der Waals surface area contributed by atoms with E-state index < -0.39 is 11.7 Å². The summed E-state index contributed by atoms with van der Waals surface area (Å²) >= 11 is 0. The Hall–Kier alpha value is -2.56. The highest BCUT2D eigenvalue weighted by atomic mass is 19.4. The minimum atomic E-state index is -4.34. The molecule has 23 heavy (non-hydrogen) atoms. The summed E-state index contributed by atoms with van der Waals surface area (Å²) in [5.74, 6) is 1.15. The number of aryl methyl sites for hydroxylation is 2. The summed E-state index contributed by atoms with van der Waals surface area (Å²) in [5, 5.41) is 0. The smallest absolute Gasteiger partial charge is 0.416 e. The average molecular weight is 315 g/mol. The van der Waals surface area contributed by atoms with Crippen LogP contribution < -0.4 is 0 Å². The first kappa shape index (κ1) is 14.1. The molecule has 5 heteroatoms. The molecule has 0 saturated heterocycles. The van der Waals surface area contributed by atoms with E-state index in [0.717, 1.165) is 42.0 Å². The minimum absolute atomic E-state index is 0.362. The molecule has 0 unspecified atom stereocenters.